The second kappa shape index (κ2) is 8.06. The molecule has 0 amide bonds. The molecule has 0 N–H and O–H groups in total. The maximum atomic E-state index is 2.56. The Bertz CT molecular complexity index is 367. The van der Waals surface area contributed by atoms with E-state index in [2.05, 4.69) is 53.1 Å². The SMILES string of the molecule is C[C]1([Ti+3])C(C[Si](C)(C)C)=CC2=C1CCCC2.[Cl-].[Cl-].[Cl-]. The molecule has 0 radical (unpaired) electrons. The molecule has 5 heteroatoms. The van der Waals surface area contributed by atoms with Gasteiger partial charge >= 0.3 is 113 Å². The Morgan fingerprint density at radius 2 is 1.63 bits per heavy atom. The molecule has 0 spiro atoms. The van der Waals surface area contributed by atoms with Gasteiger partial charge < -0.3 is 37.2 Å². The van der Waals surface area contributed by atoms with Crippen molar-refractivity contribution < 1.29 is 57.7 Å². The van der Waals surface area contributed by atoms with Crippen molar-refractivity contribution in [3.8, 4) is 0 Å². The van der Waals surface area contributed by atoms with Crippen LogP contribution in [0.25, 0.3) is 0 Å². The van der Waals surface area contributed by atoms with E-state index in [4.69, 9.17) is 0 Å². The van der Waals surface area contributed by atoms with Crippen LogP contribution >= 0.6 is 0 Å². The number of halogens is 3. The van der Waals surface area contributed by atoms with Gasteiger partial charge in [0.25, 0.3) is 0 Å². The van der Waals surface area contributed by atoms with Crippen molar-refractivity contribution in [2.45, 2.75) is 62.0 Å². The van der Waals surface area contributed by atoms with E-state index in [1.807, 2.05) is 0 Å². The van der Waals surface area contributed by atoms with Crippen LogP contribution in [0.3, 0.4) is 0 Å². The Morgan fingerprint density at radius 1 is 1.11 bits per heavy atom. The third-order valence-corrected chi connectivity index (χ3v) is 6.24. The minimum atomic E-state index is -0.970. The first-order valence-corrected chi connectivity index (χ1v) is 11.0. The number of rotatable bonds is 2. The van der Waals surface area contributed by atoms with E-state index in [0.29, 0.717) is 3.72 Å². The fourth-order valence-electron chi connectivity index (χ4n) is 3.01. The first-order valence-electron chi connectivity index (χ1n) is 6.49. The zero-order valence-electron chi connectivity index (χ0n) is 12.2. The molecular formula is C14H23Cl3SiTi. The molecule has 0 heterocycles. The molecule has 2 aliphatic rings. The molecule has 0 aromatic rings. The molecule has 0 nitrogen and oxygen atoms in total. The van der Waals surface area contributed by atoms with Gasteiger partial charge in [0.15, 0.2) is 0 Å². The molecule has 0 fully saturated rings. The maximum absolute atomic E-state index is 2.56. The van der Waals surface area contributed by atoms with Crippen LogP contribution in [-0.2, 0) is 20.4 Å². The Labute approximate surface area is 149 Å². The molecule has 0 aromatic heterocycles. The van der Waals surface area contributed by atoms with Gasteiger partial charge in [-0.15, -0.1) is 0 Å². The van der Waals surface area contributed by atoms with Gasteiger partial charge in [0.2, 0.25) is 0 Å². The predicted molar refractivity (Wildman–Crippen MR) is 70.1 cm³/mol. The van der Waals surface area contributed by atoms with Crippen molar-refractivity contribution in [3.05, 3.63) is 22.8 Å². The summed E-state index contributed by atoms with van der Waals surface area (Å²) in [7, 11) is -0.970. The van der Waals surface area contributed by atoms with Gasteiger partial charge in [0.1, 0.15) is 0 Å². The second-order valence-electron chi connectivity index (χ2n) is 6.74. The van der Waals surface area contributed by atoms with Crippen LogP contribution in [0.1, 0.15) is 32.6 Å². The van der Waals surface area contributed by atoms with Gasteiger partial charge in [-0.05, 0) is 0 Å². The molecule has 0 saturated heterocycles. The summed E-state index contributed by atoms with van der Waals surface area (Å²) in [5, 5.41) is 0. The summed E-state index contributed by atoms with van der Waals surface area (Å²) < 4.78 is 0.385. The molecule has 0 aromatic carbocycles. The van der Waals surface area contributed by atoms with Crippen LogP contribution in [-0.4, -0.2) is 8.07 Å². The molecular weight excluding hydrogens is 350 g/mol. The van der Waals surface area contributed by atoms with E-state index < -0.39 is 8.07 Å². The summed E-state index contributed by atoms with van der Waals surface area (Å²) in [4.78, 5) is 0. The zero-order chi connectivity index (χ0) is 12.0. The van der Waals surface area contributed by atoms with E-state index in [-0.39, 0.29) is 37.2 Å². The van der Waals surface area contributed by atoms with Crippen molar-refractivity contribution in [2.24, 2.45) is 0 Å². The van der Waals surface area contributed by atoms with Crippen molar-refractivity contribution in [1.82, 2.24) is 0 Å². The first kappa shape index (κ1) is 22.6. The minimum absolute atomic E-state index is 0. The average molecular weight is 374 g/mol. The third kappa shape index (κ3) is 5.20. The normalized spacial score (nSPS) is 25.7. The molecule has 19 heavy (non-hydrogen) atoms. The van der Waals surface area contributed by atoms with Crippen molar-refractivity contribution >= 4 is 8.07 Å². The van der Waals surface area contributed by atoms with Crippen molar-refractivity contribution in [2.75, 3.05) is 0 Å². The topological polar surface area (TPSA) is 0 Å². The van der Waals surface area contributed by atoms with Gasteiger partial charge in [-0.2, -0.15) is 0 Å². The predicted octanol–water partition coefficient (Wildman–Crippen LogP) is -4.13. The van der Waals surface area contributed by atoms with Gasteiger partial charge in [0.05, 0.1) is 0 Å². The van der Waals surface area contributed by atoms with Crippen LogP contribution in [0.4, 0.5) is 0 Å². The summed E-state index contributed by atoms with van der Waals surface area (Å²) in [6.07, 6.45) is 8.08. The van der Waals surface area contributed by atoms with Gasteiger partial charge in [0, 0.05) is 0 Å². The summed E-state index contributed by atoms with van der Waals surface area (Å²) >= 11 is 2.45. The van der Waals surface area contributed by atoms with Gasteiger partial charge in [-0.25, -0.2) is 0 Å². The monoisotopic (exact) mass is 372 g/mol. The molecule has 1 atom stereocenters. The minimum Gasteiger partial charge on any atom is -1.00 e. The smallest absolute Gasteiger partial charge is 1.00 e. The fourth-order valence-corrected chi connectivity index (χ4v) is 5.58. The molecule has 2 aliphatic carbocycles. The average Bonchev–Trinajstić information content (AvgIpc) is 2.37. The van der Waals surface area contributed by atoms with Crippen molar-refractivity contribution in [3.63, 3.8) is 0 Å². The van der Waals surface area contributed by atoms with Crippen LogP contribution in [0, 0.1) is 0 Å². The van der Waals surface area contributed by atoms with Crippen LogP contribution in [0.15, 0.2) is 22.8 Å². The Kier molecular flexibility index (Phi) is 9.57. The van der Waals surface area contributed by atoms with E-state index in [0.717, 1.165) is 0 Å². The number of hydrogen-bond donors (Lipinski definition) is 0. The first-order chi connectivity index (χ1) is 7.31. The molecule has 0 saturated carbocycles. The van der Waals surface area contributed by atoms with E-state index >= 15 is 0 Å². The molecule has 2 rings (SSSR count). The fraction of sp³-hybridized carbons (Fsp3) is 0.714. The Hall–Kier alpha value is 1.28. The standard InChI is InChI=1S/C14H23Si.3ClH.Ti/c1-11-13(10-15(2,3)4)9-12-7-5-6-8-14(11)12;;;;/h9H,5-8,10H2,1-4H3;3*1H;/q;;;;+3/p-3. The Balaban J connectivity index is 0. The summed E-state index contributed by atoms with van der Waals surface area (Å²) in [5.74, 6) is 0. The summed E-state index contributed by atoms with van der Waals surface area (Å²) in [6.45, 7) is 9.91. The van der Waals surface area contributed by atoms with Crippen molar-refractivity contribution in [1.29, 1.82) is 0 Å². The number of hydrogen-bond acceptors (Lipinski definition) is 0. The van der Waals surface area contributed by atoms with Crippen LogP contribution in [0.2, 0.25) is 29.4 Å². The molecule has 1 unspecified atom stereocenters. The van der Waals surface area contributed by atoms with E-state index in [1.54, 1.807) is 16.7 Å². The molecule has 108 valence electrons. The van der Waals surface area contributed by atoms with Crippen LogP contribution < -0.4 is 37.2 Å². The molecule has 0 bridgehead atoms. The summed E-state index contributed by atoms with van der Waals surface area (Å²) in [5.41, 5.74) is 5.20. The zero-order valence-corrected chi connectivity index (χ0v) is 17.1. The maximum Gasteiger partial charge on any atom is -1.00 e. The van der Waals surface area contributed by atoms with E-state index in [1.165, 1.54) is 31.7 Å². The third-order valence-electron chi connectivity index (χ3n) is 3.83. The van der Waals surface area contributed by atoms with Gasteiger partial charge in [-0.3, -0.25) is 0 Å². The summed E-state index contributed by atoms with van der Waals surface area (Å²) in [6, 6.07) is 1.38. The van der Waals surface area contributed by atoms with Gasteiger partial charge in [-0.1, -0.05) is 0 Å². The number of allylic oxidation sites excluding steroid dienone is 4. The molecule has 0 aliphatic heterocycles. The quantitative estimate of drug-likeness (QED) is 0.432. The second-order valence-corrected chi connectivity index (χ2v) is 13.8. The largest absolute Gasteiger partial charge is 1.00 e. The Morgan fingerprint density at radius 3 is 2.11 bits per heavy atom. The van der Waals surface area contributed by atoms with Crippen LogP contribution in [0.5, 0.6) is 0 Å². The van der Waals surface area contributed by atoms with E-state index in [9.17, 15) is 0 Å².